The predicted octanol–water partition coefficient (Wildman–Crippen LogP) is 5.05. The summed E-state index contributed by atoms with van der Waals surface area (Å²) in [5.74, 6) is 0.190. The Morgan fingerprint density at radius 3 is 2.11 bits per heavy atom. The molecule has 1 aliphatic carbocycles. The van der Waals surface area contributed by atoms with Crippen molar-refractivity contribution in [2.75, 3.05) is 0 Å². The molecule has 1 aliphatic rings. The number of carboxylic acid groups (broad SMARTS) is 1. The molecule has 0 atom stereocenters. The van der Waals surface area contributed by atoms with Crippen molar-refractivity contribution in [1.82, 2.24) is 0 Å². The number of hydrogen-bond donors (Lipinski definition) is 1. The Balaban J connectivity index is 0.00000289. The molecule has 0 heterocycles. The van der Waals surface area contributed by atoms with E-state index in [1.165, 1.54) is 44.9 Å². The molecule has 0 bridgehead atoms. The SMILES string of the molecule is CCCCCCCC[C@H]1CC[C@H](C(=O)O)CC1.Cl. The zero-order valence-corrected chi connectivity index (χ0v) is 12.5. The summed E-state index contributed by atoms with van der Waals surface area (Å²) >= 11 is 0. The molecule has 1 rings (SSSR count). The molecule has 1 fully saturated rings. The van der Waals surface area contributed by atoms with E-state index in [4.69, 9.17) is 5.11 Å². The Morgan fingerprint density at radius 1 is 1.00 bits per heavy atom. The van der Waals surface area contributed by atoms with Crippen LogP contribution in [0.2, 0.25) is 0 Å². The average molecular weight is 277 g/mol. The number of carbonyl (C=O) groups is 1. The zero-order valence-electron chi connectivity index (χ0n) is 11.7. The minimum Gasteiger partial charge on any atom is -0.481 e. The first-order valence-corrected chi connectivity index (χ1v) is 7.46. The van der Waals surface area contributed by atoms with Gasteiger partial charge >= 0.3 is 5.97 Å². The maximum Gasteiger partial charge on any atom is 0.306 e. The van der Waals surface area contributed by atoms with Gasteiger partial charge in [0.25, 0.3) is 0 Å². The van der Waals surface area contributed by atoms with E-state index in [9.17, 15) is 4.79 Å². The minimum absolute atomic E-state index is 0. The number of unbranched alkanes of at least 4 members (excludes halogenated alkanes) is 5. The van der Waals surface area contributed by atoms with Gasteiger partial charge in [0.15, 0.2) is 0 Å². The fraction of sp³-hybridized carbons (Fsp3) is 0.933. The lowest BCUT2D eigenvalue weighted by Crippen LogP contribution is -2.21. The molecule has 0 spiro atoms. The summed E-state index contributed by atoms with van der Waals surface area (Å²) in [4.78, 5) is 10.8. The van der Waals surface area contributed by atoms with Crippen molar-refractivity contribution in [2.45, 2.75) is 77.6 Å². The summed E-state index contributed by atoms with van der Waals surface area (Å²) in [6.45, 7) is 2.25. The largest absolute Gasteiger partial charge is 0.481 e. The van der Waals surface area contributed by atoms with Gasteiger partial charge in [-0.25, -0.2) is 0 Å². The Hall–Kier alpha value is -0.240. The first kappa shape index (κ1) is 17.8. The molecule has 0 aliphatic heterocycles. The van der Waals surface area contributed by atoms with E-state index in [1.807, 2.05) is 0 Å². The van der Waals surface area contributed by atoms with Crippen molar-refractivity contribution in [3.05, 3.63) is 0 Å². The van der Waals surface area contributed by atoms with Gasteiger partial charge in [0.2, 0.25) is 0 Å². The van der Waals surface area contributed by atoms with E-state index < -0.39 is 5.97 Å². The van der Waals surface area contributed by atoms with Crippen LogP contribution in [0.25, 0.3) is 0 Å². The monoisotopic (exact) mass is 276 g/mol. The molecule has 0 saturated heterocycles. The van der Waals surface area contributed by atoms with Gasteiger partial charge in [0, 0.05) is 0 Å². The molecular weight excluding hydrogens is 248 g/mol. The molecule has 2 nitrogen and oxygen atoms in total. The third-order valence-corrected chi connectivity index (χ3v) is 4.16. The second-order valence-corrected chi connectivity index (χ2v) is 5.61. The highest BCUT2D eigenvalue weighted by molar-refractivity contribution is 5.85. The number of carboxylic acids is 1. The van der Waals surface area contributed by atoms with Crippen LogP contribution < -0.4 is 0 Å². The summed E-state index contributed by atoms with van der Waals surface area (Å²) in [5.41, 5.74) is 0. The van der Waals surface area contributed by atoms with E-state index in [0.717, 1.165) is 31.6 Å². The highest BCUT2D eigenvalue weighted by Crippen LogP contribution is 2.32. The zero-order chi connectivity index (χ0) is 12.5. The van der Waals surface area contributed by atoms with Crippen LogP contribution in [0.15, 0.2) is 0 Å². The van der Waals surface area contributed by atoms with Crippen molar-refractivity contribution in [1.29, 1.82) is 0 Å². The maximum absolute atomic E-state index is 10.8. The van der Waals surface area contributed by atoms with Crippen molar-refractivity contribution in [3.63, 3.8) is 0 Å². The Bertz CT molecular complexity index is 211. The molecule has 18 heavy (non-hydrogen) atoms. The smallest absolute Gasteiger partial charge is 0.306 e. The van der Waals surface area contributed by atoms with E-state index in [2.05, 4.69) is 6.92 Å². The Labute approximate surface area is 118 Å². The topological polar surface area (TPSA) is 37.3 Å². The van der Waals surface area contributed by atoms with E-state index in [1.54, 1.807) is 0 Å². The number of aliphatic carboxylic acids is 1. The molecule has 0 radical (unpaired) electrons. The van der Waals surface area contributed by atoms with Gasteiger partial charge in [-0.15, -0.1) is 12.4 Å². The van der Waals surface area contributed by atoms with Gasteiger partial charge in [-0.3, -0.25) is 4.79 Å². The molecule has 1 saturated carbocycles. The third kappa shape index (κ3) is 7.25. The second-order valence-electron chi connectivity index (χ2n) is 5.61. The summed E-state index contributed by atoms with van der Waals surface area (Å²) in [6, 6.07) is 0. The quantitative estimate of drug-likeness (QED) is 0.630. The van der Waals surface area contributed by atoms with Gasteiger partial charge < -0.3 is 5.11 Å². The van der Waals surface area contributed by atoms with Gasteiger partial charge in [0.1, 0.15) is 0 Å². The fourth-order valence-electron chi connectivity index (χ4n) is 2.91. The average Bonchev–Trinajstić information content (AvgIpc) is 2.34. The van der Waals surface area contributed by atoms with Crippen LogP contribution in [0, 0.1) is 11.8 Å². The number of halogens is 1. The van der Waals surface area contributed by atoms with Crippen molar-refractivity contribution < 1.29 is 9.90 Å². The van der Waals surface area contributed by atoms with Gasteiger partial charge in [0.05, 0.1) is 5.92 Å². The molecule has 1 N–H and O–H groups in total. The number of rotatable bonds is 8. The van der Waals surface area contributed by atoms with E-state index >= 15 is 0 Å². The summed E-state index contributed by atoms with van der Waals surface area (Å²) < 4.78 is 0. The first-order valence-electron chi connectivity index (χ1n) is 7.46. The standard InChI is InChI=1S/C15H28O2.ClH/c1-2-3-4-5-6-7-8-13-9-11-14(12-10-13)15(16)17;/h13-14H,2-12H2,1H3,(H,16,17);1H/t13-,14-;. The predicted molar refractivity (Wildman–Crippen MR) is 78.3 cm³/mol. The maximum atomic E-state index is 10.8. The van der Waals surface area contributed by atoms with Crippen molar-refractivity contribution >= 4 is 18.4 Å². The molecule has 0 unspecified atom stereocenters. The number of hydrogen-bond acceptors (Lipinski definition) is 1. The molecule has 3 heteroatoms. The van der Waals surface area contributed by atoms with Crippen molar-refractivity contribution in [2.24, 2.45) is 11.8 Å². The van der Waals surface area contributed by atoms with Crippen LogP contribution in [-0.4, -0.2) is 11.1 Å². The van der Waals surface area contributed by atoms with Crippen LogP contribution in [0.5, 0.6) is 0 Å². The summed E-state index contributed by atoms with van der Waals surface area (Å²) in [5, 5.41) is 8.92. The van der Waals surface area contributed by atoms with E-state index in [0.29, 0.717) is 0 Å². The molecule has 0 amide bonds. The van der Waals surface area contributed by atoms with E-state index in [-0.39, 0.29) is 18.3 Å². The van der Waals surface area contributed by atoms with Gasteiger partial charge in [-0.05, 0) is 31.6 Å². The molecule has 0 aromatic heterocycles. The first-order chi connectivity index (χ1) is 8.24. The van der Waals surface area contributed by atoms with Crippen molar-refractivity contribution in [3.8, 4) is 0 Å². The van der Waals surface area contributed by atoms with Crippen LogP contribution >= 0.6 is 12.4 Å². The molecule has 0 aromatic rings. The second kappa shape index (κ2) is 10.7. The van der Waals surface area contributed by atoms with Gasteiger partial charge in [-0.1, -0.05) is 51.9 Å². The lowest BCUT2D eigenvalue weighted by molar-refractivity contribution is -0.143. The normalized spacial score (nSPS) is 23.4. The highest BCUT2D eigenvalue weighted by Gasteiger charge is 2.25. The Morgan fingerprint density at radius 2 is 1.56 bits per heavy atom. The highest BCUT2D eigenvalue weighted by atomic mass is 35.5. The van der Waals surface area contributed by atoms with Crippen LogP contribution in [0.4, 0.5) is 0 Å². The van der Waals surface area contributed by atoms with Crippen LogP contribution in [0.3, 0.4) is 0 Å². The lowest BCUT2D eigenvalue weighted by Gasteiger charge is -2.25. The summed E-state index contributed by atoms with van der Waals surface area (Å²) in [7, 11) is 0. The molecule has 0 aromatic carbocycles. The van der Waals surface area contributed by atoms with Gasteiger partial charge in [-0.2, -0.15) is 0 Å². The lowest BCUT2D eigenvalue weighted by atomic mass is 9.80. The van der Waals surface area contributed by atoms with Crippen LogP contribution in [-0.2, 0) is 4.79 Å². The fourth-order valence-corrected chi connectivity index (χ4v) is 2.91. The molecule has 108 valence electrons. The minimum atomic E-state index is -0.581. The Kier molecular flexibility index (Phi) is 10.5. The molecular formula is C15H29ClO2. The summed E-state index contributed by atoms with van der Waals surface area (Å²) in [6.07, 6.45) is 13.6. The van der Waals surface area contributed by atoms with Crippen LogP contribution in [0.1, 0.15) is 77.6 Å². The third-order valence-electron chi connectivity index (χ3n) is 4.16.